The van der Waals surface area contributed by atoms with Crippen molar-refractivity contribution >= 4 is 38.5 Å². The lowest BCUT2D eigenvalue weighted by atomic mass is 10.2. The van der Waals surface area contributed by atoms with Crippen LogP contribution >= 0.6 is 38.5 Å². The summed E-state index contributed by atoms with van der Waals surface area (Å²) < 4.78 is 7.78. The smallest absolute Gasteiger partial charge is 0.249 e. The Morgan fingerprint density at radius 3 is 2.11 bits per heavy atom. The van der Waals surface area contributed by atoms with E-state index in [0.29, 0.717) is 11.8 Å². The van der Waals surface area contributed by atoms with E-state index in [4.69, 9.17) is 4.42 Å². The third kappa shape index (κ3) is 2.57. The third-order valence-corrected chi connectivity index (χ3v) is 4.27. The van der Waals surface area contributed by atoms with E-state index in [2.05, 4.69) is 48.7 Å². The van der Waals surface area contributed by atoms with E-state index < -0.39 is 0 Å². The lowest BCUT2D eigenvalue weighted by molar-refractivity contribution is 0.584. The molecule has 0 fully saturated rings. The van der Waals surface area contributed by atoms with Gasteiger partial charge >= 0.3 is 0 Å². The maximum absolute atomic E-state index is 5.76. The molecule has 0 aliphatic heterocycles. The second-order valence-corrected chi connectivity index (χ2v) is 5.89. The molecule has 3 rings (SSSR count). The van der Waals surface area contributed by atoms with E-state index >= 15 is 0 Å². The second-order valence-electron chi connectivity index (χ2n) is 3.87. The first-order chi connectivity index (χ1) is 9.25. The molecular formula is C14H8BrIN2O. The fraction of sp³-hybridized carbons (Fsp3) is 0. The van der Waals surface area contributed by atoms with E-state index in [1.165, 1.54) is 0 Å². The molecule has 0 aliphatic carbocycles. The molecule has 0 spiro atoms. The number of nitrogens with zero attached hydrogens (tertiary/aromatic N) is 2. The Balaban J connectivity index is 2.06. The Morgan fingerprint density at radius 2 is 1.42 bits per heavy atom. The fourth-order valence-corrected chi connectivity index (χ4v) is 2.78. The Hall–Kier alpha value is -1.21. The minimum atomic E-state index is 0.516. The SMILES string of the molecule is Brc1ccccc1-c1nnc(-c2ccccc2I)o1. The van der Waals surface area contributed by atoms with Gasteiger partial charge in [-0.1, -0.05) is 24.3 Å². The van der Waals surface area contributed by atoms with E-state index in [9.17, 15) is 0 Å². The zero-order valence-corrected chi connectivity index (χ0v) is 13.4. The predicted octanol–water partition coefficient (Wildman–Crippen LogP) is 4.77. The van der Waals surface area contributed by atoms with Gasteiger partial charge in [-0.05, 0) is 62.8 Å². The maximum atomic E-state index is 5.76. The van der Waals surface area contributed by atoms with Crippen molar-refractivity contribution in [1.29, 1.82) is 0 Å². The van der Waals surface area contributed by atoms with Crippen molar-refractivity contribution in [3.8, 4) is 22.9 Å². The second kappa shape index (κ2) is 5.42. The van der Waals surface area contributed by atoms with Crippen LogP contribution in [0.4, 0.5) is 0 Å². The van der Waals surface area contributed by atoms with Gasteiger partial charge in [-0.25, -0.2) is 0 Å². The Labute approximate surface area is 132 Å². The molecule has 0 atom stereocenters. The normalized spacial score (nSPS) is 10.6. The highest BCUT2D eigenvalue weighted by molar-refractivity contribution is 14.1. The molecule has 0 saturated heterocycles. The Bertz CT molecular complexity index is 667. The fourth-order valence-electron chi connectivity index (χ4n) is 1.71. The van der Waals surface area contributed by atoms with Crippen LogP contribution in [0.15, 0.2) is 57.4 Å². The van der Waals surface area contributed by atoms with E-state index in [-0.39, 0.29) is 0 Å². The van der Waals surface area contributed by atoms with Crippen molar-refractivity contribution < 1.29 is 4.42 Å². The molecule has 3 nitrogen and oxygen atoms in total. The molecule has 0 amide bonds. The molecule has 0 bridgehead atoms. The van der Waals surface area contributed by atoms with E-state index in [1.807, 2.05) is 48.5 Å². The van der Waals surface area contributed by atoms with E-state index in [0.717, 1.165) is 19.2 Å². The van der Waals surface area contributed by atoms with E-state index in [1.54, 1.807) is 0 Å². The van der Waals surface area contributed by atoms with Gasteiger partial charge in [0.15, 0.2) is 0 Å². The Morgan fingerprint density at radius 1 is 0.842 bits per heavy atom. The van der Waals surface area contributed by atoms with Gasteiger partial charge < -0.3 is 4.42 Å². The summed E-state index contributed by atoms with van der Waals surface area (Å²) in [5.41, 5.74) is 1.85. The zero-order chi connectivity index (χ0) is 13.2. The summed E-state index contributed by atoms with van der Waals surface area (Å²) in [6, 6.07) is 15.7. The van der Waals surface area contributed by atoms with Crippen molar-refractivity contribution in [2.24, 2.45) is 0 Å². The van der Waals surface area contributed by atoms with Crippen LogP contribution < -0.4 is 0 Å². The molecule has 0 N–H and O–H groups in total. The van der Waals surface area contributed by atoms with Gasteiger partial charge in [-0.3, -0.25) is 0 Å². The van der Waals surface area contributed by atoms with Crippen LogP contribution in [0.5, 0.6) is 0 Å². The van der Waals surface area contributed by atoms with Crippen molar-refractivity contribution in [3.05, 3.63) is 56.6 Å². The predicted molar refractivity (Wildman–Crippen MR) is 85.6 cm³/mol. The summed E-state index contributed by atoms with van der Waals surface area (Å²) in [5.74, 6) is 1.05. The minimum absolute atomic E-state index is 0.516. The summed E-state index contributed by atoms with van der Waals surface area (Å²) in [7, 11) is 0. The molecule has 5 heteroatoms. The summed E-state index contributed by atoms with van der Waals surface area (Å²) in [6.07, 6.45) is 0. The minimum Gasteiger partial charge on any atom is -0.416 e. The van der Waals surface area contributed by atoms with Gasteiger partial charge in [0.25, 0.3) is 0 Å². The number of benzene rings is 2. The molecule has 0 radical (unpaired) electrons. The number of rotatable bonds is 2. The van der Waals surface area contributed by atoms with Gasteiger partial charge in [0.05, 0.1) is 11.1 Å². The standard InChI is InChI=1S/C14H8BrIN2O/c15-11-7-3-1-5-9(11)13-17-18-14(19-13)10-6-2-4-8-12(10)16/h1-8H. The van der Waals surface area contributed by atoms with Crippen LogP contribution in [0.1, 0.15) is 0 Å². The average molecular weight is 427 g/mol. The quantitative estimate of drug-likeness (QED) is 0.554. The first-order valence-corrected chi connectivity index (χ1v) is 7.46. The van der Waals surface area contributed by atoms with Crippen LogP contribution in [0.2, 0.25) is 0 Å². The number of aromatic nitrogens is 2. The molecule has 0 aliphatic rings. The number of hydrogen-bond acceptors (Lipinski definition) is 3. The zero-order valence-electron chi connectivity index (χ0n) is 9.68. The molecule has 0 unspecified atom stereocenters. The van der Waals surface area contributed by atoms with Crippen LogP contribution in [-0.2, 0) is 0 Å². The van der Waals surface area contributed by atoms with Gasteiger partial charge in [-0.15, -0.1) is 10.2 Å². The van der Waals surface area contributed by atoms with Crippen LogP contribution in [-0.4, -0.2) is 10.2 Å². The summed E-state index contributed by atoms with van der Waals surface area (Å²) >= 11 is 5.74. The van der Waals surface area contributed by atoms with Crippen LogP contribution in [0, 0.1) is 3.57 Å². The van der Waals surface area contributed by atoms with Gasteiger partial charge in [0, 0.05) is 8.04 Å². The first-order valence-electron chi connectivity index (χ1n) is 5.59. The first kappa shape index (κ1) is 12.8. The van der Waals surface area contributed by atoms with Crippen molar-refractivity contribution in [3.63, 3.8) is 0 Å². The highest BCUT2D eigenvalue weighted by Crippen LogP contribution is 2.30. The third-order valence-electron chi connectivity index (χ3n) is 2.63. The van der Waals surface area contributed by atoms with Gasteiger partial charge in [0.1, 0.15) is 0 Å². The summed E-state index contributed by atoms with van der Waals surface area (Å²) in [5, 5.41) is 8.24. The summed E-state index contributed by atoms with van der Waals surface area (Å²) in [4.78, 5) is 0. The topological polar surface area (TPSA) is 38.9 Å². The lowest BCUT2D eigenvalue weighted by Gasteiger charge is -1.99. The number of hydrogen-bond donors (Lipinski definition) is 0. The molecule has 0 saturated carbocycles. The largest absolute Gasteiger partial charge is 0.416 e. The maximum Gasteiger partial charge on any atom is 0.249 e. The van der Waals surface area contributed by atoms with Crippen molar-refractivity contribution in [2.75, 3.05) is 0 Å². The molecule has 3 aromatic rings. The Kier molecular flexibility index (Phi) is 3.65. The summed E-state index contributed by atoms with van der Waals surface area (Å²) in [6.45, 7) is 0. The molecule has 1 aromatic heterocycles. The monoisotopic (exact) mass is 426 g/mol. The molecule has 19 heavy (non-hydrogen) atoms. The van der Waals surface area contributed by atoms with Gasteiger partial charge in [0.2, 0.25) is 11.8 Å². The van der Waals surface area contributed by atoms with Crippen LogP contribution in [0.3, 0.4) is 0 Å². The van der Waals surface area contributed by atoms with Crippen molar-refractivity contribution in [1.82, 2.24) is 10.2 Å². The average Bonchev–Trinajstić information content (AvgIpc) is 2.89. The van der Waals surface area contributed by atoms with Gasteiger partial charge in [-0.2, -0.15) is 0 Å². The molecule has 1 heterocycles. The lowest BCUT2D eigenvalue weighted by Crippen LogP contribution is -1.81. The van der Waals surface area contributed by atoms with Crippen molar-refractivity contribution in [2.45, 2.75) is 0 Å². The molecular weight excluding hydrogens is 419 g/mol. The molecule has 2 aromatic carbocycles. The molecule has 94 valence electrons. The van der Waals surface area contributed by atoms with Crippen LogP contribution in [0.25, 0.3) is 22.9 Å². The highest BCUT2D eigenvalue weighted by Gasteiger charge is 2.13. The highest BCUT2D eigenvalue weighted by atomic mass is 127. The number of halogens is 2.